The fourth-order valence-electron chi connectivity index (χ4n) is 2.21. The molecule has 0 heterocycles. The van der Waals surface area contributed by atoms with Crippen LogP contribution in [0.2, 0.25) is 0 Å². The average molecular weight is 217 g/mol. The van der Waals surface area contributed by atoms with Crippen molar-refractivity contribution in [3.05, 3.63) is 35.4 Å². The fourth-order valence-corrected chi connectivity index (χ4v) is 2.21. The second-order valence-electron chi connectivity index (χ2n) is 4.06. The van der Waals surface area contributed by atoms with E-state index in [0.717, 1.165) is 12.0 Å². The highest BCUT2D eigenvalue weighted by molar-refractivity contribution is 5.34. The number of benzene rings is 1. The minimum atomic E-state index is -1.83. The molecular weight excluding hydrogens is 202 g/mol. The molecule has 1 unspecified atom stereocenters. The van der Waals surface area contributed by atoms with Crippen molar-refractivity contribution in [1.82, 2.24) is 5.32 Å². The Bertz CT molecular complexity index is 420. The van der Waals surface area contributed by atoms with Gasteiger partial charge in [-0.3, -0.25) is 5.32 Å². The van der Waals surface area contributed by atoms with E-state index >= 15 is 0 Å². The third-order valence-corrected chi connectivity index (χ3v) is 3.05. The van der Waals surface area contributed by atoms with E-state index in [9.17, 15) is 10.2 Å². The normalized spacial score (nSPS) is 22.2. The van der Waals surface area contributed by atoms with Gasteiger partial charge in [0.1, 0.15) is 0 Å². The number of nitrogens with one attached hydrogen (secondary N) is 1. The van der Waals surface area contributed by atoms with Gasteiger partial charge >= 0.3 is 0 Å². The molecular formula is C13H15NO2. The van der Waals surface area contributed by atoms with Crippen LogP contribution in [0.25, 0.3) is 0 Å². The monoisotopic (exact) mass is 217 g/mol. The molecule has 3 N–H and O–H groups in total. The smallest absolute Gasteiger partial charge is 0.206 e. The maximum Gasteiger partial charge on any atom is 0.206 e. The molecule has 0 saturated carbocycles. The molecule has 0 aromatic heterocycles. The highest BCUT2D eigenvalue weighted by atomic mass is 16.5. The summed E-state index contributed by atoms with van der Waals surface area (Å²) in [5, 5.41) is 23.2. The van der Waals surface area contributed by atoms with Crippen molar-refractivity contribution in [3.8, 4) is 12.3 Å². The summed E-state index contributed by atoms with van der Waals surface area (Å²) in [6, 6.07) is 6.99. The summed E-state index contributed by atoms with van der Waals surface area (Å²) in [5.74, 6) is 0.616. The van der Waals surface area contributed by atoms with Crippen molar-refractivity contribution >= 4 is 0 Å². The summed E-state index contributed by atoms with van der Waals surface area (Å²) in [4.78, 5) is 0. The van der Waals surface area contributed by atoms with Gasteiger partial charge in [0.05, 0.1) is 12.6 Å². The number of hydrogen-bond acceptors (Lipinski definition) is 3. The minimum absolute atomic E-state index is 0.343. The minimum Gasteiger partial charge on any atom is -0.361 e. The Balaban J connectivity index is 2.28. The second kappa shape index (κ2) is 4.26. The van der Waals surface area contributed by atoms with Crippen LogP contribution in [0.5, 0.6) is 0 Å². The van der Waals surface area contributed by atoms with Crippen LogP contribution in [-0.2, 0) is 12.2 Å². The molecule has 1 aliphatic carbocycles. The van der Waals surface area contributed by atoms with E-state index < -0.39 is 11.8 Å². The van der Waals surface area contributed by atoms with Crippen LogP contribution in [0.1, 0.15) is 17.5 Å². The quantitative estimate of drug-likeness (QED) is 0.495. The third kappa shape index (κ3) is 1.83. The first kappa shape index (κ1) is 11.2. The lowest BCUT2D eigenvalue weighted by Gasteiger charge is -2.37. The number of rotatable bonds is 2. The molecule has 0 fully saturated rings. The molecule has 2 rings (SSSR count). The summed E-state index contributed by atoms with van der Waals surface area (Å²) in [7, 11) is 0. The second-order valence-corrected chi connectivity index (χ2v) is 4.06. The van der Waals surface area contributed by atoms with Gasteiger partial charge in [-0.2, -0.15) is 0 Å². The van der Waals surface area contributed by atoms with Gasteiger partial charge in [0.25, 0.3) is 0 Å². The number of aliphatic hydroxyl groups is 2. The SMILES string of the molecule is C#CCNC1CCc2ccccc2C1(O)O. The first-order chi connectivity index (χ1) is 7.66. The van der Waals surface area contributed by atoms with Crippen LogP contribution in [0.3, 0.4) is 0 Å². The van der Waals surface area contributed by atoms with E-state index in [1.165, 1.54) is 0 Å². The largest absolute Gasteiger partial charge is 0.361 e. The lowest BCUT2D eigenvalue weighted by molar-refractivity contribution is -0.197. The molecule has 0 radical (unpaired) electrons. The van der Waals surface area contributed by atoms with Gasteiger partial charge in [-0.15, -0.1) is 6.42 Å². The lowest BCUT2D eigenvalue weighted by atomic mass is 9.83. The van der Waals surface area contributed by atoms with Crippen LogP contribution in [-0.4, -0.2) is 22.8 Å². The van der Waals surface area contributed by atoms with Gasteiger partial charge < -0.3 is 10.2 Å². The van der Waals surface area contributed by atoms with Gasteiger partial charge in [0, 0.05) is 5.56 Å². The summed E-state index contributed by atoms with van der Waals surface area (Å²) in [6.45, 7) is 0.343. The number of aryl methyl sites for hydroxylation is 1. The zero-order valence-corrected chi connectivity index (χ0v) is 8.98. The van der Waals surface area contributed by atoms with E-state index in [1.807, 2.05) is 18.2 Å². The zero-order chi connectivity index (χ0) is 11.6. The van der Waals surface area contributed by atoms with Crippen molar-refractivity contribution < 1.29 is 10.2 Å². The maximum atomic E-state index is 10.1. The van der Waals surface area contributed by atoms with E-state index in [1.54, 1.807) is 6.07 Å². The van der Waals surface area contributed by atoms with Crippen molar-refractivity contribution in [3.63, 3.8) is 0 Å². The Morgan fingerprint density at radius 3 is 2.94 bits per heavy atom. The molecule has 0 saturated heterocycles. The van der Waals surface area contributed by atoms with Crippen LogP contribution < -0.4 is 5.32 Å². The van der Waals surface area contributed by atoms with E-state index in [4.69, 9.17) is 6.42 Å². The summed E-state index contributed by atoms with van der Waals surface area (Å²) in [6.07, 6.45) is 6.66. The lowest BCUT2D eigenvalue weighted by Crippen LogP contribution is -2.51. The van der Waals surface area contributed by atoms with Crippen LogP contribution in [0.15, 0.2) is 24.3 Å². The molecule has 84 valence electrons. The molecule has 0 bridgehead atoms. The summed E-state index contributed by atoms with van der Waals surface area (Å²) >= 11 is 0. The first-order valence-corrected chi connectivity index (χ1v) is 5.36. The van der Waals surface area contributed by atoms with Gasteiger partial charge in [0.2, 0.25) is 5.79 Å². The number of fused-ring (bicyclic) bond motifs is 1. The van der Waals surface area contributed by atoms with Crippen molar-refractivity contribution in [2.45, 2.75) is 24.7 Å². The van der Waals surface area contributed by atoms with E-state index in [2.05, 4.69) is 11.2 Å². The summed E-state index contributed by atoms with van der Waals surface area (Å²) < 4.78 is 0. The van der Waals surface area contributed by atoms with Crippen molar-refractivity contribution in [2.24, 2.45) is 0 Å². The third-order valence-electron chi connectivity index (χ3n) is 3.05. The summed E-state index contributed by atoms with van der Waals surface area (Å²) in [5.41, 5.74) is 1.57. The standard InChI is InChI=1S/C13H15NO2/c1-2-9-14-12-8-7-10-5-3-4-6-11(10)13(12,15)16/h1,3-6,12,14-16H,7-9H2. The van der Waals surface area contributed by atoms with E-state index in [0.29, 0.717) is 18.5 Å². The molecule has 1 atom stereocenters. The van der Waals surface area contributed by atoms with Gasteiger partial charge in [-0.25, -0.2) is 0 Å². The van der Waals surface area contributed by atoms with E-state index in [-0.39, 0.29) is 0 Å². The topological polar surface area (TPSA) is 52.5 Å². The van der Waals surface area contributed by atoms with Gasteiger partial charge in [0.15, 0.2) is 0 Å². The van der Waals surface area contributed by atoms with Crippen molar-refractivity contribution in [2.75, 3.05) is 6.54 Å². The highest BCUT2D eigenvalue weighted by Crippen LogP contribution is 2.33. The molecule has 0 amide bonds. The predicted octanol–water partition coefficient (Wildman–Crippen LogP) is 0.362. The fraction of sp³-hybridized carbons (Fsp3) is 0.385. The van der Waals surface area contributed by atoms with Crippen LogP contribution >= 0.6 is 0 Å². The molecule has 1 aromatic rings. The molecule has 1 aromatic carbocycles. The Hall–Kier alpha value is -1.34. The van der Waals surface area contributed by atoms with Crippen LogP contribution in [0, 0.1) is 12.3 Å². The number of hydrogen-bond donors (Lipinski definition) is 3. The van der Waals surface area contributed by atoms with Crippen molar-refractivity contribution in [1.29, 1.82) is 0 Å². The van der Waals surface area contributed by atoms with Gasteiger partial charge in [-0.1, -0.05) is 30.2 Å². The molecule has 3 nitrogen and oxygen atoms in total. The Kier molecular flexibility index (Phi) is 2.97. The molecule has 0 spiro atoms. The first-order valence-electron chi connectivity index (χ1n) is 5.36. The highest BCUT2D eigenvalue weighted by Gasteiger charge is 2.40. The Morgan fingerprint density at radius 1 is 1.44 bits per heavy atom. The Morgan fingerprint density at radius 2 is 2.19 bits per heavy atom. The maximum absolute atomic E-state index is 10.1. The van der Waals surface area contributed by atoms with Gasteiger partial charge in [-0.05, 0) is 18.4 Å². The number of terminal acetylenes is 1. The average Bonchev–Trinajstić information content (AvgIpc) is 2.28. The molecule has 0 aliphatic heterocycles. The zero-order valence-electron chi connectivity index (χ0n) is 8.98. The molecule has 1 aliphatic rings. The Labute approximate surface area is 95.1 Å². The predicted molar refractivity (Wildman–Crippen MR) is 61.5 cm³/mol. The molecule has 16 heavy (non-hydrogen) atoms. The molecule has 3 heteroatoms. The van der Waals surface area contributed by atoms with Crippen LogP contribution in [0.4, 0.5) is 0 Å².